The van der Waals surface area contributed by atoms with Crippen LogP contribution in [0.1, 0.15) is 28.9 Å². The molecule has 1 rings (SSSR count). The maximum Gasteiger partial charge on any atom is 0.311 e. The molecule has 0 fully saturated rings. The second-order valence-corrected chi connectivity index (χ2v) is 3.89. The van der Waals surface area contributed by atoms with Crippen LogP contribution in [0.2, 0.25) is 0 Å². The number of ether oxygens (including phenoxy) is 1. The number of pyridine rings is 1. The van der Waals surface area contributed by atoms with Gasteiger partial charge in [-0.15, -0.1) is 0 Å². The minimum atomic E-state index is -2.86. The van der Waals surface area contributed by atoms with Crippen LogP contribution in [-0.4, -0.2) is 18.1 Å². The maximum atomic E-state index is 12.7. The van der Waals surface area contributed by atoms with E-state index >= 15 is 0 Å². The standard InChI is InChI=1S/C11H9BrF2N2O2/c1-18-9(17)3-8-6(4-12)2-7(5-15)10(16-8)11(13)14/h2,11H,3-4H2,1H3. The summed E-state index contributed by atoms with van der Waals surface area (Å²) < 4.78 is 29.9. The fraction of sp³-hybridized carbons (Fsp3) is 0.364. The van der Waals surface area contributed by atoms with Crippen LogP contribution in [0.3, 0.4) is 0 Å². The van der Waals surface area contributed by atoms with Gasteiger partial charge in [0.05, 0.1) is 24.8 Å². The number of hydrogen-bond acceptors (Lipinski definition) is 4. The molecule has 18 heavy (non-hydrogen) atoms. The van der Waals surface area contributed by atoms with E-state index in [0.717, 1.165) is 0 Å². The third kappa shape index (κ3) is 3.23. The summed E-state index contributed by atoms with van der Waals surface area (Å²) in [6.07, 6.45) is -3.07. The molecule has 0 aromatic carbocycles. The quantitative estimate of drug-likeness (QED) is 0.632. The van der Waals surface area contributed by atoms with Crippen molar-refractivity contribution in [1.82, 2.24) is 4.98 Å². The van der Waals surface area contributed by atoms with E-state index in [2.05, 4.69) is 25.7 Å². The Hall–Kier alpha value is -1.55. The number of alkyl halides is 3. The topological polar surface area (TPSA) is 63.0 Å². The van der Waals surface area contributed by atoms with Crippen LogP contribution in [-0.2, 0) is 21.3 Å². The van der Waals surface area contributed by atoms with Gasteiger partial charge >= 0.3 is 5.97 Å². The van der Waals surface area contributed by atoms with Crippen LogP contribution in [0.4, 0.5) is 8.78 Å². The molecule has 4 nitrogen and oxygen atoms in total. The summed E-state index contributed by atoms with van der Waals surface area (Å²) in [5, 5.41) is 9.09. The maximum absolute atomic E-state index is 12.7. The number of nitrogens with zero attached hydrogens (tertiary/aromatic N) is 2. The second-order valence-electron chi connectivity index (χ2n) is 3.33. The van der Waals surface area contributed by atoms with Crippen LogP contribution in [0.25, 0.3) is 0 Å². The first-order chi connectivity index (χ1) is 8.53. The van der Waals surface area contributed by atoms with Crippen molar-refractivity contribution >= 4 is 21.9 Å². The Bertz CT molecular complexity index is 501. The minimum absolute atomic E-state index is 0.187. The summed E-state index contributed by atoms with van der Waals surface area (Å²) in [5.74, 6) is -0.574. The molecule has 0 amide bonds. The lowest BCUT2D eigenvalue weighted by molar-refractivity contribution is -0.139. The molecule has 0 saturated heterocycles. The van der Waals surface area contributed by atoms with Crippen LogP contribution < -0.4 is 0 Å². The highest BCUT2D eigenvalue weighted by Gasteiger charge is 2.19. The molecule has 0 unspecified atom stereocenters. The highest BCUT2D eigenvalue weighted by molar-refractivity contribution is 9.08. The molecule has 1 aromatic rings. The highest BCUT2D eigenvalue weighted by Crippen LogP contribution is 2.24. The zero-order chi connectivity index (χ0) is 13.7. The number of esters is 1. The van der Waals surface area contributed by atoms with Crippen LogP contribution in [0.15, 0.2) is 6.07 Å². The van der Waals surface area contributed by atoms with E-state index in [1.807, 2.05) is 0 Å². The number of halogens is 3. The van der Waals surface area contributed by atoms with Gasteiger partial charge in [-0.1, -0.05) is 15.9 Å². The van der Waals surface area contributed by atoms with Gasteiger partial charge in [0.25, 0.3) is 6.43 Å². The number of methoxy groups -OCH3 is 1. The lowest BCUT2D eigenvalue weighted by atomic mass is 10.1. The predicted molar refractivity (Wildman–Crippen MR) is 62.3 cm³/mol. The van der Waals surface area contributed by atoms with Gasteiger partial charge in [0, 0.05) is 5.33 Å². The molecule has 0 spiro atoms. The van der Waals surface area contributed by atoms with Gasteiger partial charge in [-0.25, -0.2) is 13.8 Å². The van der Waals surface area contributed by atoms with Gasteiger partial charge in [0.1, 0.15) is 11.8 Å². The van der Waals surface area contributed by atoms with Crippen molar-refractivity contribution in [2.75, 3.05) is 7.11 Å². The first-order valence-electron chi connectivity index (χ1n) is 4.87. The molecule has 0 radical (unpaired) electrons. The number of rotatable bonds is 4. The minimum Gasteiger partial charge on any atom is -0.469 e. The van der Waals surface area contributed by atoms with Crippen molar-refractivity contribution < 1.29 is 18.3 Å². The van der Waals surface area contributed by atoms with Crippen molar-refractivity contribution in [2.45, 2.75) is 18.2 Å². The molecule has 1 aromatic heterocycles. The molecule has 0 bridgehead atoms. The monoisotopic (exact) mass is 318 g/mol. The van der Waals surface area contributed by atoms with Crippen LogP contribution in [0, 0.1) is 11.3 Å². The van der Waals surface area contributed by atoms with E-state index in [4.69, 9.17) is 5.26 Å². The zero-order valence-corrected chi connectivity index (χ0v) is 11.0. The lowest BCUT2D eigenvalue weighted by Gasteiger charge is -2.09. The third-order valence-electron chi connectivity index (χ3n) is 2.23. The zero-order valence-electron chi connectivity index (χ0n) is 9.41. The Morgan fingerprint density at radius 3 is 2.78 bits per heavy atom. The van der Waals surface area contributed by atoms with E-state index in [-0.39, 0.29) is 17.7 Å². The molecule has 1 heterocycles. The van der Waals surface area contributed by atoms with Crippen molar-refractivity contribution in [3.8, 4) is 6.07 Å². The molecule has 96 valence electrons. The Balaban J connectivity index is 3.28. The normalized spacial score (nSPS) is 10.2. The van der Waals surface area contributed by atoms with Crippen LogP contribution >= 0.6 is 15.9 Å². The summed E-state index contributed by atoms with van der Waals surface area (Å²) >= 11 is 3.16. The molecule has 7 heteroatoms. The van der Waals surface area contributed by atoms with E-state index in [0.29, 0.717) is 10.9 Å². The third-order valence-corrected chi connectivity index (χ3v) is 2.84. The van der Waals surface area contributed by atoms with Crippen molar-refractivity contribution in [2.24, 2.45) is 0 Å². The van der Waals surface area contributed by atoms with Gasteiger partial charge in [0.15, 0.2) is 0 Å². The molecule has 0 aliphatic rings. The van der Waals surface area contributed by atoms with E-state index in [1.54, 1.807) is 6.07 Å². The number of aromatic nitrogens is 1. The Labute approximate surface area is 111 Å². The predicted octanol–water partition coefficient (Wildman–Crippen LogP) is 2.50. The first kappa shape index (κ1) is 14.5. The van der Waals surface area contributed by atoms with Gasteiger partial charge in [-0.3, -0.25) is 4.79 Å². The van der Waals surface area contributed by atoms with E-state index in [1.165, 1.54) is 13.2 Å². The van der Waals surface area contributed by atoms with Crippen molar-refractivity contribution in [3.05, 3.63) is 28.6 Å². The average molecular weight is 319 g/mol. The van der Waals surface area contributed by atoms with E-state index < -0.39 is 18.1 Å². The first-order valence-corrected chi connectivity index (χ1v) is 5.99. The fourth-order valence-corrected chi connectivity index (χ4v) is 1.83. The summed E-state index contributed by atoms with van der Waals surface area (Å²) in [6.45, 7) is 0. The number of carbonyl (C=O) groups excluding carboxylic acids is 1. The molecule has 0 aliphatic heterocycles. The van der Waals surface area contributed by atoms with Gasteiger partial charge in [-0.2, -0.15) is 5.26 Å². The summed E-state index contributed by atoms with van der Waals surface area (Å²) in [5.41, 5.74) is -0.0939. The van der Waals surface area contributed by atoms with Crippen molar-refractivity contribution in [1.29, 1.82) is 5.26 Å². The molecular formula is C11H9BrF2N2O2. The van der Waals surface area contributed by atoms with Gasteiger partial charge < -0.3 is 4.74 Å². The van der Waals surface area contributed by atoms with Crippen molar-refractivity contribution in [3.63, 3.8) is 0 Å². The second kappa shape index (κ2) is 6.40. The summed E-state index contributed by atoms with van der Waals surface area (Å²) in [7, 11) is 1.20. The number of hydrogen-bond donors (Lipinski definition) is 0. The molecule has 0 aliphatic carbocycles. The summed E-state index contributed by atoms with van der Waals surface area (Å²) in [6, 6.07) is 2.97. The highest BCUT2D eigenvalue weighted by atomic mass is 79.9. The SMILES string of the molecule is COC(=O)Cc1nc(C(F)F)c(C#N)cc1CBr. The molecule has 0 atom stereocenters. The summed E-state index contributed by atoms with van der Waals surface area (Å²) in [4.78, 5) is 14.9. The fourth-order valence-electron chi connectivity index (χ4n) is 1.34. The molecule has 0 saturated carbocycles. The smallest absolute Gasteiger partial charge is 0.311 e. The molecular weight excluding hydrogens is 310 g/mol. The van der Waals surface area contributed by atoms with E-state index in [9.17, 15) is 13.6 Å². The Kier molecular flexibility index (Phi) is 5.16. The van der Waals surface area contributed by atoms with Gasteiger partial charge in [-0.05, 0) is 11.6 Å². The van der Waals surface area contributed by atoms with Crippen LogP contribution in [0.5, 0.6) is 0 Å². The largest absolute Gasteiger partial charge is 0.469 e. The lowest BCUT2D eigenvalue weighted by Crippen LogP contribution is -2.11. The van der Waals surface area contributed by atoms with Gasteiger partial charge in [0.2, 0.25) is 0 Å². The number of nitriles is 1. The average Bonchev–Trinajstić information content (AvgIpc) is 2.37. The Morgan fingerprint density at radius 1 is 1.67 bits per heavy atom. The number of carbonyl (C=O) groups is 1. The Morgan fingerprint density at radius 2 is 2.33 bits per heavy atom. The molecule has 0 N–H and O–H groups in total.